The van der Waals surface area contributed by atoms with Gasteiger partial charge in [-0.2, -0.15) is 0 Å². The smallest absolute Gasteiger partial charge is 0.236 e. The quantitative estimate of drug-likeness (QED) is 0.807. The molecule has 1 aromatic carbocycles. The zero-order chi connectivity index (χ0) is 18.7. The first kappa shape index (κ1) is 19.4. The van der Waals surface area contributed by atoms with Crippen LogP contribution in [0.1, 0.15) is 62.6 Å². The van der Waals surface area contributed by atoms with E-state index in [9.17, 15) is 4.79 Å². The lowest BCUT2D eigenvalue weighted by Crippen LogP contribution is -2.41. The summed E-state index contributed by atoms with van der Waals surface area (Å²) in [6, 6.07) is 10.3. The predicted molar refractivity (Wildman–Crippen MR) is 107 cm³/mol. The Balaban J connectivity index is 1.69. The van der Waals surface area contributed by atoms with Crippen LogP contribution in [0.5, 0.6) is 0 Å². The highest BCUT2D eigenvalue weighted by molar-refractivity contribution is 5.77. The first-order chi connectivity index (χ1) is 12.5. The van der Waals surface area contributed by atoms with Crippen molar-refractivity contribution < 1.29 is 4.79 Å². The molecule has 4 nitrogen and oxygen atoms in total. The van der Waals surface area contributed by atoms with E-state index in [1.54, 1.807) is 16.0 Å². The van der Waals surface area contributed by atoms with E-state index >= 15 is 0 Å². The Morgan fingerprint density at radius 3 is 2.35 bits per heavy atom. The number of rotatable bonds is 5. The molecular formula is C22H35N3O. The molecule has 0 aliphatic carbocycles. The minimum atomic E-state index is 0.211. The van der Waals surface area contributed by atoms with Gasteiger partial charge in [0.05, 0.1) is 6.54 Å². The van der Waals surface area contributed by atoms with Crippen molar-refractivity contribution in [2.24, 2.45) is 0 Å². The Morgan fingerprint density at radius 1 is 1.08 bits per heavy atom. The average Bonchev–Trinajstić information content (AvgIpc) is 3.12. The van der Waals surface area contributed by atoms with Crippen LogP contribution in [0.4, 0.5) is 0 Å². The van der Waals surface area contributed by atoms with E-state index in [4.69, 9.17) is 0 Å². The number of benzene rings is 1. The van der Waals surface area contributed by atoms with Gasteiger partial charge in [-0.25, -0.2) is 0 Å². The van der Waals surface area contributed by atoms with Gasteiger partial charge in [-0.15, -0.1) is 0 Å². The van der Waals surface area contributed by atoms with Crippen LogP contribution in [-0.4, -0.2) is 66.9 Å². The monoisotopic (exact) mass is 357 g/mol. The lowest BCUT2D eigenvalue weighted by Gasteiger charge is -2.35. The molecule has 1 aromatic rings. The van der Waals surface area contributed by atoms with Crippen LogP contribution in [-0.2, 0) is 4.79 Å². The second-order valence-corrected chi connectivity index (χ2v) is 8.46. The average molecular weight is 358 g/mol. The van der Waals surface area contributed by atoms with Gasteiger partial charge in [0, 0.05) is 26.2 Å². The normalized spacial score (nSPS) is 22.9. The number of carbonyl (C=O) groups excluding carboxylic acids is 1. The Hall–Kier alpha value is -1.39. The zero-order valence-corrected chi connectivity index (χ0v) is 16.9. The summed E-state index contributed by atoms with van der Waals surface area (Å²) >= 11 is 0. The van der Waals surface area contributed by atoms with Crippen LogP contribution in [0, 0.1) is 0 Å². The van der Waals surface area contributed by atoms with Gasteiger partial charge in [0.2, 0.25) is 5.91 Å². The Kier molecular flexibility index (Phi) is 6.36. The number of hydrogen-bond donors (Lipinski definition) is 0. The second-order valence-electron chi connectivity index (χ2n) is 8.46. The first-order valence-electron chi connectivity index (χ1n) is 10.2. The summed E-state index contributed by atoms with van der Waals surface area (Å²) < 4.78 is 0. The van der Waals surface area contributed by atoms with Crippen LogP contribution in [0.25, 0.3) is 0 Å². The van der Waals surface area contributed by atoms with E-state index in [1.807, 2.05) is 14.1 Å². The number of likely N-dealkylation sites (N-methyl/N-ethyl adjacent to an activating group) is 1. The molecule has 2 fully saturated rings. The number of likely N-dealkylation sites (tertiary alicyclic amines) is 2. The van der Waals surface area contributed by atoms with E-state index < -0.39 is 0 Å². The molecule has 0 aromatic heterocycles. The van der Waals surface area contributed by atoms with Crippen molar-refractivity contribution in [2.75, 3.05) is 40.3 Å². The minimum Gasteiger partial charge on any atom is -0.348 e. The summed E-state index contributed by atoms with van der Waals surface area (Å²) in [6.07, 6.45) is 4.91. The van der Waals surface area contributed by atoms with Gasteiger partial charge in [-0.3, -0.25) is 14.6 Å². The van der Waals surface area contributed by atoms with Gasteiger partial charge in [0.25, 0.3) is 0 Å². The highest BCUT2D eigenvalue weighted by Crippen LogP contribution is 2.39. The minimum absolute atomic E-state index is 0.211. The SMILES string of the molecule is CC(C)N1CCC[C@@H]1c1ccccc1C1CCN(CC(=O)N(C)C)CC1. The number of carbonyl (C=O) groups is 1. The number of amides is 1. The molecule has 0 unspecified atom stereocenters. The van der Waals surface area contributed by atoms with Crippen molar-refractivity contribution in [3.8, 4) is 0 Å². The Bertz CT molecular complexity index is 605. The fourth-order valence-electron chi connectivity index (χ4n) is 4.66. The Labute approximate surface area is 159 Å². The van der Waals surface area contributed by atoms with Crippen LogP contribution < -0.4 is 0 Å². The van der Waals surface area contributed by atoms with Gasteiger partial charge < -0.3 is 4.90 Å². The fraction of sp³-hybridized carbons (Fsp3) is 0.682. The van der Waals surface area contributed by atoms with E-state index in [-0.39, 0.29) is 5.91 Å². The third-order valence-corrected chi connectivity index (χ3v) is 6.20. The summed E-state index contributed by atoms with van der Waals surface area (Å²) in [7, 11) is 3.68. The molecule has 4 heteroatoms. The standard InChI is InChI=1S/C22H35N3O/c1-17(2)25-13-7-10-21(25)20-9-6-5-8-19(20)18-11-14-24(15-12-18)16-22(26)23(3)4/h5-6,8-9,17-18,21H,7,10-16H2,1-4H3/t21-/m1/s1. The molecule has 3 rings (SSSR count). The van der Waals surface area contributed by atoms with Crippen LogP contribution >= 0.6 is 0 Å². The molecule has 1 atom stereocenters. The zero-order valence-electron chi connectivity index (χ0n) is 16.9. The highest BCUT2D eigenvalue weighted by Gasteiger charge is 2.31. The number of piperidine rings is 1. The van der Waals surface area contributed by atoms with E-state index in [2.05, 4.69) is 47.9 Å². The van der Waals surface area contributed by atoms with Gasteiger partial charge in [-0.05, 0) is 76.2 Å². The van der Waals surface area contributed by atoms with Gasteiger partial charge >= 0.3 is 0 Å². The molecule has 1 amide bonds. The van der Waals surface area contributed by atoms with Gasteiger partial charge in [0.1, 0.15) is 0 Å². The molecule has 0 saturated carbocycles. The van der Waals surface area contributed by atoms with E-state index in [0.29, 0.717) is 24.5 Å². The van der Waals surface area contributed by atoms with Crippen molar-refractivity contribution in [3.63, 3.8) is 0 Å². The third-order valence-electron chi connectivity index (χ3n) is 6.20. The van der Waals surface area contributed by atoms with Crippen molar-refractivity contribution in [3.05, 3.63) is 35.4 Å². The molecule has 0 bridgehead atoms. The second kappa shape index (κ2) is 8.53. The summed E-state index contributed by atoms with van der Waals surface area (Å²) in [5, 5.41) is 0. The molecule has 144 valence electrons. The predicted octanol–water partition coefficient (Wildman–Crippen LogP) is 3.50. The number of hydrogen-bond acceptors (Lipinski definition) is 3. The lowest BCUT2D eigenvalue weighted by atomic mass is 9.84. The van der Waals surface area contributed by atoms with Crippen molar-refractivity contribution in [1.29, 1.82) is 0 Å². The largest absolute Gasteiger partial charge is 0.348 e. The molecule has 2 aliphatic rings. The molecule has 0 radical (unpaired) electrons. The fourth-order valence-corrected chi connectivity index (χ4v) is 4.66. The van der Waals surface area contributed by atoms with Crippen molar-refractivity contribution >= 4 is 5.91 Å². The first-order valence-corrected chi connectivity index (χ1v) is 10.2. The molecule has 2 heterocycles. The topological polar surface area (TPSA) is 26.8 Å². The third kappa shape index (κ3) is 4.29. The maximum atomic E-state index is 12.0. The molecule has 0 spiro atoms. The molecule has 26 heavy (non-hydrogen) atoms. The molecule has 0 N–H and O–H groups in total. The van der Waals surface area contributed by atoms with Crippen molar-refractivity contribution in [1.82, 2.24) is 14.7 Å². The summed E-state index contributed by atoms with van der Waals surface area (Å²) in [5.74, 6) is 0.842. The number of nitrogens with zero attached hydrogens (tertiary/aromatic N) is 3. The maximum Gasteiger partial charge on any atom is 0.236 e. The van der Waals surface area contributed by atoms with Crippen molar-refractivity contribution in [2.45, 2.75) is 57.5 Å². The highest BCUT2D eigenvalue weighted by atomic mass is 16.2. The molecule has 2 saturated heterocycles. The van der Waals surface area contributed by atoms with Crippen LogP contribution in [0.3, 0.4) is 0 Å². The van der Waals surface area contributed by atoms with E-state index in [1.165, 1.54) is 19.4 Å². The van der Waals surface area contributed by atoms with Crippen LogP contribution in [0.15, 0.2) is 24.3 Å². The van der Waals surface area contributed by atoms with Crippen LogP contribution in [0.2, 0.25) is 0 Å². The Morgan fingerprint density at radius 2 is 1.73 bits per heavy atom. The van der Waals surface area contributed by atoms with Gasteiger partial charge in [0.15, 0.2) is 0 Å². The molecule has 2 aliphatic heterocycles. The lowest BCUT2D eigenvalue weighted by molar-refractivity contribution is -0.130. The van der Waals surface area contributed by atoms with Gasteiger partial charge in [-0.1, -0.05) is 24.3 Å². The maximum absolute atomic E-state index is 12.0. The summed E-state index contributed by atoms with van der Waals surface area (Å²) in [6.45, 7) is 8.48. The molecular weight excluding hydrogens is 322 g/mol. The van der Waals surface area contributed by atoms with E-state index in [0.717, 1.165) is 25.9 Å². The summed E-state index contributed by atoms with van der Waals surface area (Å²) in [5.41, 5.74) is 3.12. The summed E-state index contributed by atoms with van der Waals surface area (Å²) in [4.78, 5) is 18.7.